The van der Waals surface area contributed by atoms with Gasteiger partial charge in [-0.25, -0.2) is 4.98 Å². The molecule has 1 unspecified atom stereocenters. The van der Waals surface area contributed by atoms with E-state index in [1.165, 1.54) is 0 Å². The number of H-pyrrole nitrogens is 1. The molecule has 2 aromatic carbocycles. The molecule has 1 fully saturated rings. The molecule has 0 aliphatic carbocycles. The Bertz CT molecular complexity index is 970. The molecule has 0 radical (unpaired) electrons. The van der Waals surface area contributed by atoms with Crippen molar-refractivity contribution in [3.8, 4) is 11.4 Å². The first-order chi connectivity index (χ1) is 13.1. The van der Waals surface area contributed by atoms with Gasteiger partial charge in [-0.3, -0.25) is 9.89 Å². The minimum absolute atomic E-state index is 0.0180. The minimum Gasteiger partial charge on any atom is -0.329 e. The molecule has 1 saturated heterocycles. The number of aromatic amines is 1. The van der Waals surface area contributed by atoms with E-state index in [9.17, 15) is 4.79 Å². The van der Waals surface area contributed by atoms with Gasteiger partial charge in [0.25, 0.3) is 5.91 Å². The van der Waals surface area contributed by atoms with Crippen molar-refractivity contribution in [1.29, 1.82) is 0 Å². The number of halogens is 1. The Morgan fingerprint density at radius 1 is 1.22 bits per heavy atom. The van der Waals surface area contributed by atoms with E-state index in [4.69, 9.17) is 11.6 Å². The van der Waals surface area contributed by atoms with E-state index in [1.54, 1.807) is 0 Å². The molecule has 1 aliphatic heterocycles. The molecule has 0 bridgehead atoms. The fraction of sp³-hybridized carbons (Fsp3) is 0.250. The lowest BCUT2D eigenvalue weighted by atomic mass is 10.0. The summed E-state index contributed by atoms with van der Waals surface area (Å²) < 4.78 is 0. The van der Waals surface area contributed by atoms with Gasteiger partial charge in [0.15, 0.2) is 5.82 Å². The molecule has 0 spiro atoms. The molecule has 1 aliphatic rings. The molecule has 4 rings (SSSR count). The van der Waals surface area contributed by atoms with E-state index in [0.29, 0.717) is 29.5 Å². The molecular weight excluding hydrogens is 362 g/mol. The third-order valence-electron chi connectivity index (χ3n) is 4.73. The number of hydrogen-bond donors (Lipinski definition) is 2. The molecule has 6 nitrogen and oxygen atoms in total. The standard InChI is InChI=1S/C20H20ClN5O/c1-13-23-19(25-24-13)14-5-4-6-15(11-14)20(27)26-10-9-22-12-18(26)16-7-2-3-8-17(16)21/h2-8,11,18,22H,9-10,12H2,1H3,(H,23,24,25). The van der Waals surface area contributed by atoms with Crippen LogP contribution in [0.5, 0.6) is 0 Å². The molecule has 3 aromatic rings. The molecule has 138 valence electrons. The Balaban J connectivity index is 1.65. The minimum atomic E-state index is -0.102. The Labute approximate surface area is 162 Å². The van der Waals surface area contributed by atoms with Crippen molar-refractivity contribution >= 4 is 17.5 Å². The molecule has 1 amide bonds. The summed E-state index contributed by atoms with van der Waals surface area (Å²) in [4.78, 5) is 19.5. The van der Waals surface area contributed by atoms with Gasteiger partial charge in [0.2, 0.25) is 0 Å². The second kappa shape index (κ2) is 7.50. The number of nitrogens with one attached hydrogen (secondary N) is 2. The molecule has 1 atom stereocenters. The van der Waals surface area contributed by atoms with Crippen LogP contribution in [0.1, 0.15) is 27.8 Å². The molecule has 27 heavy (non-hydrogen) atoms. The van der Waals surface area contributed by atoms with Crippen LogP contribution in [0, 0.1) is 6.92 Å². The maximum atomic E-state index is 13.3. The van der Waals surface area contributed by atoms with Crippen molar-refractivity contribution in [1.82, 2.24) is 25.4 Å². The molecule has 2 N–H and O–H groups in total. The zero-order valence-electron chi connectivity index (χ0n) is 14.9. The first kappa shape index (κ1) is 17.7. The fourth-order valence-electron chi connectivity index (χ4n) is 3.40. The smallest absolute Gasteiger partial charge is 0.254 e. The normalized spacial score (nSPS) is 17.1. The van der Waals surface area contributed by atoms with Crippen LogP contribution in [0.15, 0.2) is 48.5 Å². The Morgan fingerprint density at radius 3 is 2.85 bits per heavy atom. The van der Waals surface area contributed by atoms with E-state index in [-0.39, 0.29) is 11.9 Å². The van der Waals surface area contributed by atoms with Gasteiger partial charge in [-0.1, -0.05) is 41.9 Å². The van der Waals surface area contributed by atoms with Crippen molar-refractivity contribution in [3.05, 3.63) is 70.5 Å². The van der Waals surface area contributed by atoms with Crippen LogP contribution >= 0.6 is 11.6 Å². The van der Waals surface area contributed by atoms with E-state index >= 15 is 0 Å². The summed E-state index contributed by atoms with van der Waals surface area (Å²) in [6, 6.07) is 15.0. The van der Waals surface area contributed by atoms with Crippen molar-refractivity contribution in [3.63, 3.8) is 0 Å². The van der Waals surface area contributed by atoms with Crippen LogP contribution < -0.4 is 5.32 Å². The van der Waals surface area contributed by atoms with Gasteiger partial charge in [-0.15, -0.1) is 0 Å². The third kappa shape index (κ3) is 3.59. The van der Waals surface area contributed by atoms with Gasteiger partial charge in [0, 0.05) is 35.8 Å². The number of amides is 1. The summed E-state index contributed by atoms with van der Waals surface area (Å²) in [6.07, 6.45) is 0. The SMILES string of the molecule is Cc1nc(-c2cccc(C(=O)N3CCNCC3c3ccccc3Cl)c2)n[nH]1. The van der Waals surface area contributed by atoms with Gasteiger partial charge >= 0.3 is 0 Å². The number of nitrogens with zero attached hydrogens (tertiary/aromatic N) is 3. The zero-order valence-corrected chi connectivity index (χ0v) is 15.7. The highest BCUT2D eigenvalue weighted by Gasteiger charge is 2.30. The van der Waals surface area contributed by atoms with Gasteiger partial charge in [0.05, 0.1) is 6.04 Å². The molecular formula is C20H20ClN5O. The number of rotatable bonds is 3. The molecule has 0 saturated carbocycles. The highest BCUT2D eigenvalue weighted by molar-refractivity contribution is 6.31. The topological polar surface area (TPSA) is 73.9 Å². The van der Waals surface area contributed by atoms with Crippen LogP contribution in [0.4, 0.5) is 0 Å². The maximum Gasteiger partial charge on any atom is 0.254 e. The number of aromatic nitrogens is 3. The first-order valence-corrected chi connectivity index (χ1v) is 9.27. The summed E-state index contributed by atoms with van der Waals surface area (Å²) in [7, 11) is 0. The van der Waals surface area contributed by atoms with Crippen LogP contribution in [0.25, 0.3) is 11.4 Å². The molecule has 2 heterocycles. The van der Waals surface area contributed by atoms with Crippen molar-refractivity contribution in [2.75, 3.05) is 19.6 Å². The number of hydrogen-bond acceptors (Lipinski definition) is 4. The Morgan fingerprint density at radius 2 is 2.07 bits per heavy atom. The lowest BCUT2D eigenvalue weighted by Gasteiger charge is -2.37. The zero-order chi connectivity index (χ0) is 18.8. The number of piperazine rings is 1. The van der Waals surface area contributed by atoms with Gasteiger partial charge < -0.3 is 10.2 Å². The van der Waals surface area contributed by atoms with Crippen molar-refractivity contribution in [2.45, 2.75) is 13.0 Å². The average molecular weight is 382 g/mol. The van der Waals surface area contributed by atoms with E-state index in [2.05, 4.69) is 20.5 Å². The van der Waals surface area contributed by atoms with E-state index in [1.807, 2.05) is 60.4 Å². The highest BCUT2D eigenvalue weighted by Crippen LogP contribution is 2.30. The van der Waals surface area contributed by atoms with Crippen LogP contribution in [0.2, 0.25) is 5.02 Å². The average Bonchev–Trinajstić information content (AvgIpc) is 3.14. The Kier molecular flexibility index (Phi) is 4.92. The highest BCUT2D eigenvalue weighted by atomic mass is 35.5. The van der Waals surface area contributed by atoms with Crippen molar-refractivity contribution in [2.24, 2.45) is 0 Å². The van der Waals surface area contributed by atoms with Gasteiger partial charge in [-0.2, -0.15) is 5.10 Å². The Hall–Kier alpha value is -2.70. The summed E-state index contributed by atoms with van der Waals surface area (Å²) in [6.45, 7) is 3.90. The second-order valence-electron chi connectivity index (χ2n) is 6.57. The monoisotopic (exact) mass is 381 g/mol. The first-order valence-electron chi connectivity index (χ1n) is 8.89. The van der Waals surface area contributed by atoms with E-state index in [0.717, 1.165) is 23.5 Å². The molecule has 1 aromatic heterocycles. The number of benzene rings is 2. The predicted molar refractivity (Wildman–Crippen MR) is 105 cm³/mol. The fourth-order valence-corrected chi connectivity index (χ4v) is 3.66. The van der Waals surface area contributed by atoms with Gasteiger partial charge in [0.1, 0.15) is 5.82 Å². The van der Waals surface area contributed by atoms with Crippen molar-refractivity contribution < 1.29 is 4.79 Å². The van der Waals surface area contributed by atoms with Crippen LogP contribution in [-0.2, 0) is 0 Å². The largest absolute Gasteiger partial charge is 0.329 e. The maximum absolute atomic E-state index is 13.3. The van der Waals surface area contributed by atoms with E-state index < -0.39 is 0 Å². The quantitative estimate of drug-likeness (QED) is 0.730. The number of aryl methyl sites for hydroxylation is 1. The summed E-state index contributed by atoms with van der Waals surface area (Å²) >= 11 is 6.40. The number of carbonyl (C=O) groups is 1. The van der Waals surface area contributed by atoms with Crippen LogP contribution in [-0.4, -0.2) is 45.6 Å². The second-order valence-corrected chi connectivity index (χ2v) is 6.97. The molecule has 7 heteroatoms. The van der Waals surface area contributed by atoms with Crippen LogP contribution in [0.3, 0.4) is 0 Å². The van der Waals surface area contributed by atoms with Gasteiger partial charge in [-0.05, 0) is 30.7 Å². The lowest BCUT2D eigenvalue weighted by Crippen LogP contribution is -2.48. The third-order valence-corrected chi connectivity index (χ3v) is 5.08. The number of carbonyl (C=O) groups excluding carboxylic acids is 1. The predicted octanol–water partition coefficient (Wildman–Crippen LogP) is 3.22. The summed E-state index contributed by atoms with van der Waals surface area (Å²) in [5, 5.41) is 11.1. The summed E-state index contributed by atoms with van der Waals surface area (Å²) in [5.74, 6) is 1.31. The lowest BCUT2D eigenvalue weighted by molar-refractivity contribution is 0.0634. The summed E-state index contributed by atoms with van der Waals surface area (Å²) in [5.41, 5.74) is 2.39.